The molecule has 0 aliphatic carbocycles. The van der Waals surface area contributed by atoms with Crippen LogP contribution in [0.5, 0.6) is 0 Å². The van der Waals surface area contributed by atoms with Crippen molar-refractivity contribution in [3.63, 3.8) is 0 Å². The molecular weight excluding hydrogens is 665 g/mol. The Labute approximate surface area is 289 Å². The number of amides is 2. The quantitative estimate of drug-likeness (QED) is 0.194. The molecule has 2 saturated heterocycles. The van der Waals surface area contributed by atoms with Crippen LogP contribution in [0.25, 0.3) is 0 Å². The van der Waals surface area contributed by atoms with Crippen LogP contribution in [0.15, 0.2) is 44.0 Å². The zero-order chi connectivity index (χ0) is 33.9. The number of nitrogens with one attached hydrogen (secondary N) is 1. The van der Waals surface area contributed by atoms with Crippen molar-refractivity contribution in [1.82, 2.24) is 20.0 Å². The molecule has 0 bridgehead atoms. The first-order valence-electron chi connectivity index (χ1n) is 15.7. The fraction of sp³-hybridized carbons (Fsp3) is 0.531. The number of thioether (sulfide) groups is 2. The third kappa shape index (κ3) is 9.28. The summed E-state index contributed by atoms with van der Waals surface area (Å²) in [5.74, 6) is -1.78. The van der Waals surface area contributed by atoms with E-state index >= 15 is 0 Å². The Bertz CT molecular complexity index is 1370. The smallest absolute Gasteiger partial charge is 0.346 e. The summed E-state index contributed by atoms with van der Waals surface area (Å²) in [5.41, 5.74) is 1.31. The number of ether oxygens (including phenoxy) is 4. The first-order valence-corrected chi connectivity index (χ1v) is 17.8. The average Bonchev–Trinajstić information content (AvgIpc) is 3.53. The molecule has 3 heterocycles. The first-order chi connectivity index (χ1) is 22.7. The van der Waals surface area contributed by atoms with Gasteiger partial charge in [-0.05, 0) is 39.8 Å². The van der Waals surface area contributed by atoms with Gasteiger partial charge in [0.25, 0.3) is 11.8 Å². The fourth-order valence-electron chi connectivity index (χ4n) is 5.12. The van der Waals surface area contributed by atoms with Gasteiger partial charge in [0.1, 0.15) is 14.8 Å². The number of nitrogens with zero attached hydrogens (tertiary/aromatic N) is 3. The van der Waals surface area contributed by atoms with Gasteiger partial charge in [0.05, 0.1) is 60.7 Å². The molecule has 12 nitrogen and oxygen atoms in total. The molecule has 4 rings (SSSR count). The minimum Gasteiger partial charge on any atom is -0.462 e. The molecule has 3 aliphatic heterocycles. The van der Waals surface area contributed by atoms with E-state index in [9.17, 15) is 19.2 Å². The van der Waals surface area contributed by atoms with E-state index in [2.05, 4.69) is 15.1 Å². The molecule has 2 fully saturated rings. The number of hydrogen-bond donors (Lipinski definition) is 1. The molecule has 47 heavy (non-hydrogen) atoms. The monoisotopic (exact) mass is 706 g/mol. The van der Waals surface area contributed by atoms with E-state index in [0.29, 0.717) is 85.2 Å². The van der Waals surface area contributed by atoms with E-state index in [-0.39, 0.29) is 47.4 Å². The summed E-state index contributed by atoms with van der Waals surface area (Å²) in [4.78, 5) is 59.3. The number of rotatable bonds is 12. The maximum atomic E-state index is 13.5. The SMILES string of the molecule is CCOC(=O)C1=C(C(=O)OCC)SC(=C(C(=S)N2CCOCC2)N(CCNC(=O)c2ccccc2C(=O)N2CCOCC2)C(C)C)S1. The lowest BCUT2D eigenvalue weighted by Gasteiger charge is -2.37. The third-order valence-electron chi connectivity index (χ3n) is 7.46. The highest BCUT2D eigenvalue weighted by Crippen LogP contribution is 2.52. The standard InChI is InChI=1S/C32H42N4O8S3/c1-5-43-30(39)25-26(31(40)44-6-2)47-32(46-25)24(29(45)35-15-19-42-20-16-35)36(21(3)4)12-11-33-27(37)22-9-7-8-10-23(22)28(38)34-13-17-41-18-14-34/h7-10,21H,5-6,11-20H2,1-4H3,(H,33,37). The molecule has 1 aromatic rings. The highest BCUT2D eigenvalue weighted by Gasteiger charge is 2.37. The van der Waals surface area contributed by atoms with Crippen molar-refractivity contribution in [1.29, 1.82) is 0 Å². The number of esters is 2. The van der Waals surface area contributed by atoms with Crippen LogP contribution in [-0.4, -0.2) is 128 Å². The van der Waals surface area contributed by atoms with Gasteiger partial charge in [-0.2, -0.15) is 0 Å². The van der Waals surface area contributed by atoms with Gasteiger partial charge in [0.15, 0.2) is 0 Å². The summed E-state index contributed by atoms with van der Waals surface area (Å²) in [6.07, 6.45) is 0. The Balaban J connectivity index is 1.60. The maximum Gasteiger partial charge on any atom is 0.346 e. The summed E-state index contributed by atoms with van der Waals surface area (Å²) >= 11 is 8.37. The van der Waals surface area contributed by atoms with E-state index < -0.39 is 11.9 Å². The van der Waals surface area contributed by atoms with Crippen LogP contribution in [0.3, 0.4) is 0 Å². The zero-order valence-corrected chi connectivity index (χ0v) is 29.7. The van der Waals surface area contributed by atoms with Crippen LogP contribution >= 0.6 is 35.7 Å². The predicted octanol–water partition coefficient (Wildman–Crippen LogP) is 3.25. The number of carbonyl (C=O) groups excluding carboxylic acids is 4. The van der Waals surface area contributed by atoms with E-state index in [0.717, 1.165) is 23.5 Å². The number of carbonyl (C=O) groups is 4. The van der Waals surface area contributed by atoms with Crippen molar-refractivity contribution >= 4 is 64.5 Å². The summed E-state index contributed by atoms with van der Waals surface area (Å²) in [6.45, 7) is 12.4. The van der Waals surface area contributed by atoms with Gasteiger partial charge >= 0.3 is 11.9 Å². The van der Waals surface area contributed by atoms with Crippen LogP contribution < -0.4 is 5.32 Å². The van der Waals surface area contributed by atoms with Gasteiger partial charge in [0.2, 0.25) is 0 Å². The van der Waals surface area contributed by atoms with Crippen LogP contribution in [-0.2, 0) is 28.5 Å². The highest BCUT2D eigenvalue weighted by molar-refractivity contribution is 8.29. The van der Waals surface area contributed by atoms with Crippen molar-refractivity contribution in [2.45, 2.75) is 33.7 Å². The van der Waals surface area contributed by atoms with E-state index in [1.807, 2.05) is 13.8 Å². The Morgan fingerprint density at radius 2 is 1.38 bits per heavy atom. The van der Waals surface area contributed by atoms with Gasteiger partial charge < -0.3 is 39.0 Å². The van der Waals surface area contributed by atoms with Gasteiger partial charge in [-0.1, -0.05) is 47.9 Å². The second-order valence-electron chi connectivity index (χ2n) is 10.8. The normalized spacial score (nSPS) is 16.7. The van der Waals surface area contributed by atoms with Gasteiger partial charge in [-0.25, -0.2) is 9.59 Å². The number of benzene rings is 1. The first kappa shape index (κ1) is 36.7. The average molecular weight is 707 g/mol. The third-order valence-corrected chi connectivity index (χ3v) is 10.4. The lowest BCUT2D eigenvalue weighted by Crippen LogP contribution is -2.47. The van der Waals surface area contributed by atoms with E-state index in [1.165, 1.54) is 0 Å². The molecule has 15 heteroatoms. The second kappa shape index (κ2) is 17.9. The molecule has 0 radical (unpaired) electrons. The highest BCUT2D eigenvalue weighted by atomic mass is 32.2. The molecule has 0 unspecified atom stereocenters. The minimum absolute atomic E-state index is 0.0811. The van der Waals surface area contributed by atoms with Crippen LogP contribution in [0.1, 0.15) is 48.4 Å². The molecule has 1 N–H and O–H groups in total. The van der Waals surface area contributed by atoms with Crippen molar-refractivity contribution in [2.75, 3.05) is 78.9 Å². The van der Waals surface area contributed by atoms with Gasteiger partial charge in [-0.3, -0.25) is 9.59 Å². The van der Waals surface area contributed by atoms with Crippen molar-refractivity contribution in [2.24, 2.45) is 0 Å². The molecule has 0 spiro atoms. The lowest BCUT2D eigenvalue weighted by molar-refractivity contribution is -0.140. The van der Waals surface area contributed by atoms with Crippen molar-refractivity contribution < 1.29 is 38.1 Å². The van der Waals surface area contributed by atoms with Crippen molar-refractivity contribution in [3.8, 4) is 0 Å². The second-order valence-corrected chi connectivity index (χ2v) is 13.5. The number of morpholine rings is 2. The summed E-state index contributed by atoms with van der Waals surface area (Å²) in [6, 6.07) is 6.71. The lowest BCUT2D eigenvalue weighted by atomic mass is 10.1. The predicted molar refractivity (Wildman–Crippen MR) is 185 cm³/mol. The summed E-state index contributed by atoms with van der Waals surface area (Å²) < 4.78 is 22.1. The molecule has 1 aromatic carbocycles. The molecule has 0 atom stereocenters. The van der Waals surface area contributed by atoms with Crippen LogP contribution in [0, 0.1) is 0 Å². The van der Waals surface area contributed by atoms with Gasteiger partial charge in [0, 0.05) is 45.3 Å². The number of hydrogen-bond acceptors (Lipinski definition) is 12. The van der Waals surface area contributed by atoms with Crippen LogP contribution in [0.4, 0.5) is 0 Å². The van der Waals surface area contributed by atoms with E-state index in [4.69, 9.17) is 31.2 Å². The molecule has 0 aromatic heterocycles. The zero-order valence-electron chi connectivity index (χ0n) is 27.2. The molecule has 3 aliphatic rings. The maximum absolute atomic E-state index is 13.5. The molecule has 0 saturated carbocycles. The Hall–Kier alpha value is -3.11. The summed E-state index contributed by atoms with van der Waals surface area (Å²) in [7, 11) is 0. The molecule has 256 valence electrons. The fourth-order valence-corrected chi connectivity index (χ4v) is 8.20. The molecular formula is C32H42N4O8S3. The van der Waals surface area contributed by atoms with Crippen LogP contribution in [0.2, 0.25) is 0 Å². The number of thiocarbonyl (C=S) groups is 1. The largest absolute Gasteiger partial charge is 0.462 e. The van der Waals surface area contributed by atoms with Gasteiger partial charge in [-0.15, -0.1) is 0 Å². The van der Waals surface area contributed by atoms with Crippen molar-refractivity contribution in [3.05, 3.63) is 55.1 Å². The molecule has 2 amide bonds. The topological polar surface area (TPSA) is 127 Å². The van der Waals surface area contributed by atoms with E-state index in [1.54, 1.807) is 43.0 Å². The minimum atomic E-state index is -0.603. The Morgan fingerprint density at radius 1 is 0.872 bits per heavy atom. The Kier molecular flexibility index (Phi) is 14.0. The Morgan fingerprint density at radius 3 is 1.89 bits per heavy atom. The summed E-state index contributed by atoms with van der Waals surface area (Å²) in [5, 5.41) is 2.99.